The molecule has 3 rings (SSSR count). The first-order chi connectivity index (χ1) is 13.0. The fraction of sp³-hybridized carbons (Fsp3) is 0.158. The quantitative estimate of drug-likeness (QED) is 0.624. The number of para-hydroxylation sites is 2. The molecule has 0 unspecified atom stereocenters. The van der Waals surface area contributed by atoms with Gasteiger partial charge in [-0.05, 0) is 38.1 Å². The number of aromatic nitrogens is 1. The van der Waals surface area contributed by atoms with Crippen LogP contribution in [0.5, 0.6) is 0 Å². The number of carbonyl (C=O) groups is 2. The summed E-state index contributed by atoms with van der Waals surface area (Å²) >= 11 is 6.00. The van der Waals surface area contributed by atoms with E-state index in [2.05, 4.69) is 20.6 Å². The summed E-state index contributed by atoms with van der Waals surface area (Å²) in [6.07, 6.45) is 1.48. The number of aliphatic imine (C=N–C) groups is 1. The highest BCUT2D eigenvalue weighted by molar-refractivity contribution is 6.34. The first-order valence-corrected chi connectivity index (χ1v) is 8.64. The van der Waals surface area contributed by atoms with Crippen molar-refractivity contribution in [2.75, 3.05) is 11.9 Å². The lowest BCUT2D eigenvalue weighted by atomic mass is 10.1. The number of esters is 1. The van der Waals surface area contributed by atoms with Gasteiger partial charge in [-0.1, -0.05) is 23.7 Å². The maximum absolute atomic E-state index is 12.7. The molecule has 0 aliphatic carbocycles. The van der Waals surface area contributed by atoms with Crippen molar-refractivity contribution in [3.05, 3.63) is 64.6 Å². The summed E-state index contributed by atoms with van der Waals surface area (Å²) in [4.78, 5) is 33.6. The van der Waals surface area contributed by atoms with Crippen LogP contribution in [-0.2, 0) is 9.53 Å². The number of hydrogen-bond acceptors (Lipinski definition) is 6. The second kappa shape index (κ2) is 8.01. The predicted molar refractivity (Wildman–Crippen MR) is 103 cm³/mol. The van der Waals surface area contributed by atoms with Gasteiger partial charge in [-0.3, -0.25) is 4.79 Å². The number of fused-ring (bicyclic) bond motifs is 1. The first kappa shape index (κ1) is 18.6. The number of nitrogens with one attached hydrogen (secondary N) is 2. The number of carbonyl (C=O) groups excluding carboxylic acids is 2. The SMILES string of the molecule is CCOC(=O)C1=C(C)Nc2ccccc2N=C1NC(=O)c1cccnc1Cl. The molecular formula is C19H17ClN4O3. The molecule has 0 saturated carbocycles. The molecule has 138 valence electrons. The van der Waals surface area contributed by atoms with Crippen LogP contribution < -0.4 is 10.6 Å². The van der Waals surface area contributed by atoms with Crippen molar-refractivity contribution in [1.82, 2.24) is 10.3 Å². The third-order valence-corrected chi connectivity index (χ3v) is 4.09. The van der Waals surface area contributed by atoms with Crippen molar-refractivity contribution < 1.29 is 14.3 Å². The largest absolute Gasteiger partial charge is 0.462 e. The van der Waals surface area contributed by atoms with E-state index in [4.69, 9.17) is 16.3 Å². The average Bonchev–Trinajstić information content (AvgIpc) is 2.77. The zero-order chi connectivity index (χ0) is 19.4. The lowest BCUT2D eigenvalue weighted by molar-refractivity contribution is -0.137. The van der Waals surface area contributed by atoms with E-state index in [1.54, 1.807) is 26.0 Å². The van der Waals surface area contributed by atoms with E-state index in [-0.39, 0.29) is 28.7 Å². The first-order valence-electron chi connectivity index (χ1n) is 8.26. The maximum Gasteiger partial charge on any atom is 0.343 e. The Bertz CT molecular complexity index is 969. The standard InChI is InChI=1S/C19H17ClN4O3/c1-3-27-19(26)15-11(2)22-13-8-4-5-9-14(13)23-17(15)24-18(25)12-7-6-10-21-16(12)20/h4-10,22H,3H2,1-2H3,(H,23,24,25). The van der Waals surface area contributed by atoms with Gasteiger partial charge in [-0.15, -0.1) is 0 Å². The van der Waals surface area contributed by atoms with Crippen LogP contribution in [0.1, 0.15) is 24.2 Å². The number of benzene rings is 1. The molecule has 2 aromatic rings. The third kappa shape index (κ3) is 3.98. The van der Waals surface area contributed by atoms with Crippen LogP contribution in [0.25, 0.3) is 0 Å². The van der Waals surface area contributed by atoms with E-state index in [0.29, 0.717) is 17.1 Å². The molecule has 27 heavy (non-hydrogen) atoms. The van der Waals surface area contributed by atoms with Crippen molar-refractivity contribution in [3.63, 3.8) is 0 Å². The zero-order valence-corrected chi connectivity index (χ0v) is 15.5. The topological polar surface area (TPSA) is 92.7 Å². The molecule has 1 amide bonds. The summed E-state index contributed by atoms with van der Waals surface area (Å²) in [5.41, 5.74) is 2.11. The second-order valence-electron chi connectivity index (χ2n) is 5.62. The molecule has 1 aliphatic heterocycles. The molecule has 8 heteroatoms. The Labute approximate surface area is 161 Å². The number of allylic oxidation sites excluding steroid dienone is 1. The van der Waals surface area contributed by atoms with Gasteiger partial charge in [-0.25, -0.2) is 14.8 Å². The Balaban J connectivity index is 2.05. The Morgan fingerprint density at radius 2 is 2.00 bits per heavy atom. The molecule has 1 aromatic carbocycles. The van der Waals surface area contributed by atoms with Crippen molar-refractivity contribution >= 4 is 40.7 Å². The highest BCUT2D eigenvalue weighted by Crippen LogP contribution is 2.30. The van der Waals surface area contributed by atoms with Gasteiger partial charge in [0, 0.05) is 11.9 Å². The van der Waals surface area contributed by atoms with Gasteiger partial charge in [0.2, 0.25) is 0 Å². The van der Waals surface area contributed by atoms with Crippen LogP contribution >= 0.6 is 11.6 Å². The number of anilines is 1. The van der Waals surface area contributed by atoms with Gasteiger partial charge in [0.05, 0.1) is 23.5 Å². The van der Waals surface area contributed by atoms with Crippen LogP contribution in [0, 0.1) is 0 Å². The Morgan fingerprint density at radius 3 is 2.74 bits per heavy atom. The van der Waals surface area contributed by atoms with E-state index >= 15 is 0 Å². The predicted octanol–water partition coefficient (Wildman–Crippen LogP) is 3.46. The molecule has 0 saturated heterocycles. The van der Waals surface area contributed by atoms with Crippen molar-refractivity contribution in [2.45, 2.75) is 13.8 Å². The van der Waals surface area contributed by atoms with E-state index in [1.807, 2.05) is 18.2 Å². The summed E-state index contributed by atoms with van der Waals surface area (Å²) in [6, 6.07) is 10.4. The number of nitrogens with zero attached hydrogens (tertiary/aromatic N) is 2. The second-order valence-corrected chi connectivity index (χ2v) is 5.98. The molecular weight excluding hydrogens is 368 g/mol. The van der Waals surface area contributed by atoms with E-state index in [1.165, 1.54) is 12.3 Å². The molecule has 1 aromatic heterocycles. The fourth-order valence-corrected chi connectivity index (χ4v) is 2.77. The van der Waals surface area contributed by atoms with Gasteiger partial charge < -0.3 is 15.4 Å². The van der Waals surface area contributed by atoms with Gasteiger partial charge in [-0.2, -0.15) is 0 Å². The fourth-order valence-electron chi connectivity index (χ4n) is 2.57. The summed E-state index contributed by atoms with van der Waals surface area (Å²) in [6.45, 7) is 3.61. The molecule has 0 bridgehead atoms. The number of amidine groups is 1. The van der Waals surface area contributed by atoms with Gasteiger partial charge in [0.15, 0.2) is 0 Å². The number of rotatable bonds is 3. The Hall–Kier alpha value is -3.19. The van der Waals surface area contributed by atoms with Crippen molar-refractivity contribution in [3.8, 4) is 0 Å². The highest BCUT2D eigenvalue weighted by Gasteiger charge is 2.26. The molecule has 1 aliphatic rings. The lowest BCUT2D eigenvalue weighted by Crippen LogP contribution is -2.35. The van der Waals surface area contributed by atoms with Crippen LogP contribution in [0.15, 0.2) is 58.9 Å². The van der Waals surface area contributed by atoms with Crippen LogP contribution in [0.3, 0.4) is 0 Å². The van der Waals surface area contributed by atoms with Crippen LogP contribution in [-0.4, -0.2) is 29.3 Å². The monoisotopic (exact) mass is 384 g/mol. The number of hydrogen-bond donors (Lipinski definition) is 2. The average molecular weight is 385 g/mol. The molecule has 0 atom stereocenters. The van der Waals surface area contributed by atoms with Gasteiger partial charge in [0.25, 0.3) is 5.91 Å². The molecule has 2 heterocycles. The van der Waals surface area contributed by atoms with Gasteiger partial charge in [0.1, 0.15) is 16.6 Å². The summed E-state index contributed by atoms with van der Waals surface area (Å²) in [5.74, 6) is -1.04. The van der Waals surface area contributed by atoms with Crippen molar-refractivity contribution in [2.24, 2.45) is 4.99 Å². The van der Waals surface area contributed by atoms with Crippen molar-refractivity contribution in [1.29, 1.82) is 0 Å². The summed E-state index contributed by atoms with van der Waals surface area (Å²) < 4.78 is 5.14. The summed E-state index contributed by atoms with van der Waals surface area (Å²) in [7, 11) is 0. The highest BCUT2D eigenvalue weighted by atomic mass is 35.5. The molecule has 2 N–H and O–H groups in total. The van der Waals surface area contributed by atoms with Gasteiger partial charge >= 0.3 is 5.97 Å². The minimum absolute atomic E-state index is 0.0566. The van der Waals surface area contributed by atoms with Crippen LogP contribution in [0.2, 0.25) is 5.15 Å². The minimum atomic E-state index is -0.591. The number of pyridine rings is 1. The van der Waals surface area contributed by atoms with Crippen LogP contribution in [0.4, 0.5) is 11.4 Å². The van der Waals surface area contributed by atoms with E-state index in [0.717, 1.165) is 0 Å². The smallest absolute Gasteiger partial charge is 0.343 e. The third-order valence-electron chi connectivity index (χ3n) is 3.79. The molecule has 0 radical (unpaired) electrons. The number of halogens is 1. The van der Waals surface area contributed by atoms with E-state index in [9.17, 15) is 9.59 Å². The molecule has 0 spiro atoms. The van der Waals surface area contributed by atoms with E-state index < -0.39 is 11.9 Å². The number of amides is 1. The molecule has 7 nitrogen and oxygen atoms in total. The Kier molecular flexibility index (Phi) is 5.52. The number of ether oxygens (including phenoxy) is 1. The lowest BCUT2D eigenvalue weighted by Gasteiger charge is -2.13. The minimum Gasteiger partial charge on any atom is -0.462 e. The maximum atomic E-state index is 12.7. The normalized spacial score (nSPS) is 13.1. The summed E-state index contributed by atoms with van der Waals surface area (Å²) in [5, 5.41) is 5.86. The molecule has 0 fully saturated rings. The Morgan fingerprint density at radius 1 is 1.22 bits per heavy atom. The zero-order valence-electron chi connectivity index (χ0n) is 14.7.